The predicted molar refractivity (Wildman–Crippen MR) is 109 cm³/mol. The third-order valence-electron chi connectivity index (χ3n) is 4.90. The molecule has 0 spiro atoms. The van der Waals surface area contributed by atoms with Crippen LogP contribution in [-0.2, 0) is 0 Å². The summed E-state index contributed by atoms with van der Waals surface area (Å²) >= 11 is 1.46. The van der Waals surface area contributed by atoms with Gasteiger partial charge in [-0.05, 0) is 47.2 Å². The van der Waals surface area contributed by atoms with Gasteiger partial charge in [-0.25, -0.2) is 0 Å². The molecule has 26 heavy (non-hydrogen) atoms. The predicted octanol–water partition coefficient (Wildman–Crippen LogP) is 4.48. The van der Waals surface area contributed by atoms with Crippen molar-refractivity contribution in [3.63, 3.8) is 0 Å². The smallest absolute Gasteiger partial charge is 0.266 e. The van der Waals surface area contributed by atoms with Gasteiger partial charge in [0.15, 0.2) is 0 Å². The van der Waals surface area contributed by atoms with Gasteiger partial charge in [0, 0.05) is 21.9 Å². The van der Waals surface area contributed by atoms with E-state index in [2.05, 4.69) is 36.2 Å². The Kier molecular flexibility index (Phi) is 4.26. The number of methoxy groups -OCH3 is 1. The van der Waals surface area contributed by atoms with Crippen molar-refractivity contribution in [1.29, 1.82) is 0 Å². The molecular formula is C21H20N2O2S. The Hall–Kier alpha value is -2.63. The second-order valence-corrected chi connectivity index (χ2v) is 7.36. The van der Waals surface area contributed by atoms with Gasteiger partial charge in [-0.15, -0.1) is 11.3 Å². The number of ether oxygens (including phenoxy) is 1. The fourth-order valence-electron chi connectivity index (χ4n) is 3.40. The normalized spacial score (nSPS) is 12.6. The van der Waals surface area contributed by atoms with Crippen molar-refractivity contribution < 1.29 is 4.74 Å². The number of H-pyrrole nitrogens is 1. The molecule has 2 aromatic heterocycles. The number of hydrogen-bond donors (Lipinski definition) is 2. The van der Waals surface area contributed by atoms with Crippen molar-refractivity contribution in [2.45, 2.75) is 12.8 Å². The largest absolute Gasteiger partial charge is 0.496 e. The number of rotatable bonds is 4. The minimum Gasteiger partial charge on any atom is -0.496 e. The van der Waals surface area contributed by atoms with E-state index in [0.717, 1.165) is 37.9 Å². The summed E-state index contributed by atoms with van der Waals surface area (Å²) < 4.78 is 6.39. The van der Waals surface area contributed by atoms with Crippen LogP contribution in [0.3, 0.4) is 0 Å². The lowest BCUT2D eigenvalue weighted by molar-refractivity contribution is 0.417. The van der Waals surface area contributed by atoms with Crippen LogP contribution in [-0.4, -0.2) is 18.6 Å². The fraction of sp³-hybridized carbons (Fsp3) is 0.190. The molecule has 3 N–H and O–H groups in total. The quantitative estimate of drug-likeness (QED) is 0.561. The summed E-state index contributed by atoms with van der Waals surface area (Å²) in [6, 6.07) is 14.2. The van der Waals surface area contributed by atoms with Crippen molar-refractivity contribution in [2.75, 3.05) is 13.7 Å². The zero-order chi connectivity index (χ0) is 18.3. The number of nitrogens with one attached hydrogen (secondary N) is 1. The van der Waals surface area contributed by atoms with E-state index in [1.165, 1.54) is 16.9 Å². The van der Waals surface area contributed by atoms with Gasteiger partial charge in [-0.1, -0.05) is 31.2 Å². The van der Waals surface area contributed by atoms with Crippen LogP contribution in [0.2, 0.25) is 0 Å². The molecule has 0 fully saturated rings. The molecular weight excluding hydrogens is 344 g/mol. The second kappa shape index (κ2) is 6.59. The van der Waals surface area contributed by atoms with Gasteiger partial charge in [-0.2, -0.15) is 0 Å². The fourth-order valence-corrected chi connectivity index (χ4v) is 4.19. The van der Waals surface area contributed by atoms with Crippen molar-refractivity contribution in [2.24, 2.45) is 5.73 Å². The third kappa shape index (κ3) is 2.60. The van der Waals surface area contributed by atoms with E-state index in [-0.39, 0.29) is 5.56 Å². The van der Waals surface area contributed by atoms with Crippen LogP contribution in [0, 0.1) is 0 Å². The van der Waals surface area contributed by atoms with Crippen LogP contribution in [0.15, 0.2) is 52.6 Å². The number of pyridine rings is 1. The number of hydrogen-bond acceptors (Lipinski definition) is 4. The number of aromatic amines is 1. The van der Waals surface area contributed by atoms with E-state index in [1.807, 2.05) is 23.6 Å². The highest BCUT2D eigenvalue weighted by Gasteiger charge is 2.16. The number of benzene rings is 2. The van der Waals surface area contributed by atoms with Crippen molar-refractivity contribution in [3.05, 3.63) is 63.8 Å². The monoisotopic (exact) mass is 364 g/mol. The minimum atomic E-state index is -0.0502. The Balaban J connectivity index is 2.04. The zero-order valence-corrected chi connectivity index (χ0v) is 15.5. The summed E-state index contributed by atoms with van der Waals surface area (Å²) in [7, 11) is 1.67. The van der Waals surface area contributed by atoms with Crippen molar-refractivity contribution >= 4 is 32.3 Å². The summed E-state index contributed by atoms with van der Waals surface area (Å²) in [6.45, 7) is 2.74. The molecule has 0 unspecified atom stereocenters. The first kappa shape index (κ1) is 16.8. The molecule has 1 atom stereocenters. The first-order valence-electron chi connectivity index (χ1n) is 8.54. The van der Waals surface area contributed by atoms with Gasteiger partial charge >= 0.3 is 0 Å². The third-order valence-corrected chi connectivity index (χ3v) is 5.81. The van der Waals surface area contributed by atoms with Crippen LogP contribution < -0.4 is 16.0 Å². The highest BCUT2D eigenvalue weighted by Crippen LogP contribution is 2.40. The average molecular weight is 364 g/mol. The van der Waals surface area contributed by atoms with Crippen LogP contribution >= 0.6 is 11.3 Å². The molecule has 0 amide bonds. The van der Waals surface area contributed by atoms with Gasteiger partial charge in [0.2, 0.25) is 0 Å². The number of aromatic nitrogens is 1. The Morgan fingerprint density at radius 2 is 1.92 bits per heavy atom. The zero-order valence-electron chi connectivity index (χ0n) is 14.7. The van der Waals surface area contributed by atoms with Gasteiger partial charge in [0.05, 0.1) is 7.11 Å². The van der Waals surface area contributed by atoms with Crippen molar-refractivity contribution in [3.8, 4) is 16.9 Å². The minimum absolute atomic E-state index is 0.0502. The highest BCUT2D eigenvalue weighted by atomic mass is 32.1. The standard InChI is InChI=1S/C21H20N2O2S/c1-12(11-22)13-3-5-14(6-4-13)18-17(25-2)8-7-16-19(18)15-9-10-26-20(15)21(24)23-16/h3-10,12H,11,22H2,1-2H3,(H,23,24)/t12-/m0/s1. The molecule has 4 rings (SSSR count). The number of thiophene rings is 1. The van der Waals surface area contributed by atoms with Gasteiger partial charge < -0.3 is 15.5 Å². The maximum absolute atomic E-state index is 12.3. The lowest BCUT2D eigenvalue weighted by atomic mass is 9.94. The molecule has 4 aromatic rings. The molecule has 132 valence electrons. The second-order valence-electron chi connectivity index (χ2n) is 6.44. The molecule has 0 aliphatic rings. The van der Waals surface area contributed by atoms with Gasteiger partial charge in [0.1, 0.15) is 10.4 Å². The topological polar surface area (TPSA) is 68.1 Å². The van der Waals surface area contributed by atoms with Crippen LogP contribution in [0.4, 0.5) is 0 Å². The lowest BCUT2D eigenvalue weighted by Crippen LogP contribution is -2.08. The first-order chi connectivity index (χ1) is 12.6. The van der Waals surface area contributed by atoms with E-state index >= 15 is 0 Å². The molecule has 0 aliphatic heterocycles. The van der Waals surface area contributed by atoms with Crippen LogP contribution in [0.1, 0.15) is 18.4 Å². The molecule has 5 heteroatoms. The Labute approximate surface area is 155 Å². The molecule has 0 radical (unpaired) electrons. The molecule has 0 saturated heterocycles. The van der Waals surface area contributed by atoms with E-state index < -0.39 is 0 Å². The number of nitrogens with two attached hydrogens (primary N) is 1. The molecule has 4 nitrogen and oxygen atoms in total. The molecule has 0 saturated carbocycles. The summed E-state index contributed by atoms with van der Waals surface area (Å²) in [5, 5.41) is 3.93. The lowest BCUT2D eigenvalue weighted by Gasteiger charge is -2.15. The summed E-state index contributed by atoms with van der Waals surface area (Å²) in [6.07, 6.45) is 0. The number of fused-ring (bicyclic) bond motifs is 3. The maximum Gasteiger partial charge on any atom is 0.266 e. The first-order valence-corrected chi connectivity index (χ1v) is 9.42. The van der Waals surface area contributed by atoms with E-state index in [9.17, 15) is 4.79 Å². The summed E-state index contributed by atoms with van der Waals surface area (Å²) in [5.41, 5.74) is 9.82. The highest BCUT2D eigenvalue weighted by molar-refractivity contribution is 7.17. The van der Waals surface area contributed by atoms with Gasteiger partial charge in [-0.3, -0.25) is 4.79 Å². The van der Waals surface area contributed by atoms with Crippen molar-refractivity contribution in [1.82, 2.24) is 4.98 Å². The van der Waals surface area contributed by atoms with E-state index in [4.69, 9.17) is 10.5 Å². The van der Waals surface area contributed by atoms with Crippen LogP contribution in [0.5, 0.6) is 5.75 Å². The van der Waals surface area contributed by atoms with Gasteiger partial charge in [0.25, 0.3) is 5.56 Å². The average Bonchev–Trinajstić information content (AvgIpc) is 3.17. The van der Waals surface area contributed by atoms with E-state index in [0.29, 0.717) is 12.5 Å². The van der Waals surface area contributed by atoms with Crippen LogP contribution in [0.25, 0.3) is 32.1 Å². The summed E-state index contributed by atoms with van der Waals surface area (Å²) in [5.74, 6) is 1.11. The van der Waals surface area contributed by atoms with E-state index in [1.54, 1.807) is 7.11 Å². The maximum atomic E-state index is 12.3. The Bertz CT molecular complexity index is 1140. The molecule has 0 bridgehead atoms. The summed E-state index contributed by atoms with van der Waals surface area (Å²) in [4.78, 5) is 15.3. The Morgan fingerprint density at radius 1 is 1.15 bits per heavy atom. The molecule has 2 heterocycles. The Morgan fingerprint density at radius 3 is 2.62 bits per heavy atom. The molecule has 2 aromatic carbocycles. The molecule has 0 aliphatic carbocycles. The SMILES string of the molecule is COc1ccc2[nH]c(=O)c3sccc3c2c1-c1ccc([C@@H](C)CN)cc1.